The monoisotopic (exact) mass is 314 g/mol. The summed E-state index contributed by atoms with van der Waals surface area (Å²) in [7, 11) is 5.70. The lowest BCUT2D eigenvalue weighted by atomic mass is 9.90. The van der Waals surface area contributed by atoms with Gasteiger partial charge in [0.15, 0.2) is 0 Å². The van der Waals surface area contributed by atoms with Gasteiger partial charge in [0.1, 0.15) is 17.6 Å². The number of nitrogens with zero attached hydrogens (tertiary/aromatic N) is 2. The van der Waals surface area contributed by atoms with Gasteiger partial charge in [-0.3, -0.25) is 4.99 Å². The van der Waals surface area contributed by atoms with Crippen molar-refractivity contribution in [3.05, 3.63) is 64.2 Å². The van der Waals surface area contributed by atoms with E-state index < -0.39 is 0 Å². The summed E-state index contributed by atoms with van der Waals surface area (Å²) in [4.78, 5) is 7.02. The van der Waals surface area contributed by atoms with Gasteiger partial charge in [-0.2, -0.15) is 0 Å². The lowest BCUT2D eigenvalue weighted by Crippen LogP contribution is -2.28. The lowest BCUT2D eigenvalue weighted by Gasteiger charge is -2.28. The van der Waals surface area contributed by atoms with E-state index in [1.165, 1.54) is 11.1 Å². The fraction of sp³-hybridized carbons (Fsp3) is 0.278. The SMILES string of the molecule is COc1cc(C2N=C(N(C)C)Cc3ccccc32)ccc1Cl. The average molecular weight is 315 g/mol. The Kier molecular flexibility index (Phi) is 4.08. The molecule has 0 amide bonds. The van der Waals surface area contributed by atoms with Crippen LogP contribution in [0.5, 0.6) is 5.75 Å². The van der Waals surface area contributed by atoms with Crippen LogP contribution in [0.25, 0.3) is 0 Å². The van der Waals surface area contributed by atoms with Gasteiger partial charge in [0, 0.05) is 20.5 Å². The summed E-state index contributed by atoms with van der Waals surface area (Å²) in [5.41, 5.74) is 3.66. The van der Waals surface area contributed by atoms with Crippen LogP contribution in [0.1, 0.15) is 22.7 Å². The molecule has 0 fully saturated rings. The van der Waals surface area contributed by atoms with Crippen LogP contribution < -0.4 is 4.74 Å². The Labute approximate surface area is 136 Å². The molecule has 1 heterocycles. The molecule has 1 atom stereocenters. The van der Waals surface area contributed by atoms with Crippen molar-refractivity contribution in [2.75, 3.05) is 21.2 Å². The summed E-state index contributed by atoms with van der Waals surface area (Å²) in [6.07, 6.45) is 0.865. The number of amidine groups is 1. The van der Waals surface area contributed by atoms with E-state index in [-0.39, 0.29) is 6.04 Å². The van der Waals surface area contributed by atoms with Gasteiger partial charge in [-0.05, 0) is 28.8 Å². The van der Waals surface area contributed by atoms with Crippen LogP contribution >= 0.6 is 11.6 Å². The fourth-order valence-corrected chi connectivity index (χ4v) is 2.97. The summed E-state index contributed by atoms with van der Waals surface area (Å²) in [5, 5.41) is 0.618. The van der Waals surface area contributed by atoms with Gasteiger partial charge in [-0.25, -0.2) is 0 Å². The molecule has 0 bridgehead atoms. The summed E-state index contributed by atoms with van der Waals surface area (Å²) >= 11 is 6.15. The van der Waals surface area contributed by atoms with Crippen molar-refractivity contribution in [2.45, 2.75) is 12.5 Å². The topological polar surface area (TPSA) is 24.8 Å². The number of hydrogen-bond acceptors (Lipinski definition) is 3. The second kappa shape index (κ2) is 6.01. The van der Waals surface area contributed by atoms with Crippen molar-refractivity contribution >= 4 is 17.4 Å². The van der Waals surface area contributed by atoms with Crippen molar-refractivity contribution in [1.29, 1.82) is 0 Å². The molecule has 0 saturated heterocycles. The van der Waals surface area contributed by atoms with Gasteiger partial charge < -0.3 is 9.64 Å². The summed E-state index contributed by atoms with van der Waals surface area (Å²) < 4.78 is 5.35. The summed E-state index contributed by atoms with van der Waals surface area (Å²) in [6.45, 7) is 0. The zero-order valence-corrected chi connectivity index (χ0v) is 13.8. The molecular weight excluding hydrogens is 296 g/mol. The maximum atomic E-state index is 6.15. The highest BCUT2D eigenvalue weighted by atomic mass is 35.5. The molecular formula is C18H19ClN2O. The molecule has 3 nitrogen and oxygen atoms in total. The van der Waals surface area contributed by atoms with E-state index in [1.807, 2.05) is 32.3 Å². The molecule has 1 unspecified atom stereocenters. The first-order valence-electron chi connectivity index (χ1n) is 7.25. The molecule has 0 saturated carbocycles. The van der Waals surface area contributed by atoms with E-state index in [0.717, 1.165) is 17.8 Å². The largest absolute Gasteiger partial charge is 0.495 e. The van der Waals surface area contributed by atoms with Gasteiger partial charge in [-0.1, -0.05) is 41.9 Å². The normalized spacial score (nSPS) is 16.7. The minimum atomic E-state index is -0.0199. The van der Waals surface area contributed by atoms with Crippen molar-refractivity contribution in [2.24, 2.45) is 4.99 Å². The molecule has 114 valence electrons. The Morgan fingerprint density at radius 1 is 1.18 bits per heavy atom. The van der Waals surface area contributed by atoms with E-state index in [1.54, 1.807) is 7.11 Å². The number of fused-ring (bicyclic) bond motifs is 1. The van der Waals surface area contributed by atoms with Crippen LogP contribution in [0.4, 0.5) is 0 Å². The fourth-order valence-electron chi connectivity index (χ4n) is 2.77. The highest BCUT2D eigenvalue weighted by Gasteiger charge is 2.24. The third-order valence-electron chi connectivity index (χ3n) is 3.98. The van der Waals surface area contributed by atoms with Gasteiger partial charge >= 0.3 is 0 Å². The van der Waals surface area contributed by atoms with Gasteiger partial charge in [0.05, 0.1) is 12.1 Å². The molecule has 0 N–H and O–H groups in total. The molecule has 0 aromatic heterocycles. The minimum absolute atomic E-state index is 0.0199. The molecule has 0 radical (unpaired) electrons. The van der Waals surface area contributed by atoms with Crippen LogP contribution in [-0.2, 0) is 6.42 Å². The van der Waals surface area contributed by atoms with Crippen LogP contribution in [0.15, 0.2) is 47.5 Å². The summed E-state index contributed by atoms with van der Waals surface area (Å²) in [5.74, 6) is 1.77. The molecule has 1 aliphatic heterocycles. The maximum Gasteiger partial charge on any atom is 0.137 e. The van der Waals surface area contributed by atoms with Crippen LogP contribution in [-0.4, -0.2) is 31.9 Å². The van der Waals surface area contributed by atoms with E-state index in [9.17, 15) is 0 Å². The van der Waals surface area contributed by atoms with Gasteiger partial charge in [0.2, 0.25) is 0 Å². The van der Waals surface area contributed by atoms with E-state index >= 15 is 0 Å². The third kappa shape index (κ3) is 2.69. The first-order chi connectivity index (χ1) is 10.6. The lowest BCUT2D eigenvalue weighted by molar-refractivity contribution is 0.414. The molecule has 0 spiro atoms. The Bertz CT molecular complexity index is 725. The first kappa shape index (κ1) is 14.9. The molecule has 2 aromatic rings. The van der Waals surface area contributed by atoms with Crippen LogP contribution in [0.2, 0.25) is 5.02 Å². The van der Waals surface area contributed by atoms with Crippen molar-refractivity contribution in [3.8, 4) is 5.75 Å². The van der Waals surface area contributed by atoms with Crippen LogP contribution in [0.3, 0.4) is 0 Å². The van der Waals surface area contributed by atoms with Crippen molar-refractivity contribution in [3.63, 3.8) is 0 Å². The number of likely N-dealkylation sites (N-methyl/N-ethyl adjacent to an activating group) is 1. The van der Waals surface area contributed by atoms with Crippen molar-refractivity contribution in [1.82, 2.24) is 4.90 Å². The second-order valence-electron chi connectivity index (χ2n) is 5.61. The van der Waals surface area contributed by atoms with E-state index in [4.69, 9.17) is 21.3 Å². The zero-order valence-electron chi connectivity index (χ0n) is 13.0. The predicted octanol–water partition coefficient (Wildman–Crippen LogP) is 3.95. The Morgan fingerprint density at radius 3 is 2.68 bits per heavy atom. The van der Waals surface area contributed by atoms with Gasteiger partial charge in [-0.15, -0.1) is 0 Å². The number of halogens is 1. The Morgan fingerprint density at radius 2 is 1.95 bits per heavy atom. The van der Waals surface area contributed by atoms with Gasteiger partial charge in [0.25, 0.3) is 0 Å². The number of methoxy groups -OCH3 is 1. The molecule has 1 aliphatic rings. The molecule has 2 aromatic carbocycles. The van der Waals surface area contributed by atoms with Crippen LogP contribution in [0, 0.1) is 0 Å². The highest BCUT2D eigenvalue weighted by Crippen LogP contribution is 2.36. The molecule has 3 rings (SSSR count). The number of aliphatic imine (C=N–C) groups is 1. The molecule has 22 heavy (non-hydrogen) atoms. The highest BCUT2D eigenvalue weighted by molar-refractivity contribution is 6.32. The Balaban J connectivity index is 2.11. The van der Waals surface area contributed by atoms with E-state index in [0.29, 0.717) is 10.8 Å². The average Bonchev–Trinajstić information content (AvgIpc) is 2.54. The second-order valence-corrected chi connectivity index (χ2v) is 6.02. The number of rotatable bonds is 2. The maximum absolute atomic E-state index is 6.15. The van der Waals surface area contributed by atoms with E-state index in [2.05, 4.69) is 29.2 Å². The zero-order chi connectivity index (χ0) is 15.7. The smallest absolute Gasteiger partial charge is 0.137 e. The minimum Gasteiger partial charge on any atom is -0.495 e. The molecule has 0 aliphatic carbocycles. The molecule has 4 heteroatoms. The third-order valence-corrected chi connectivity index (χ3v) is 4.30. The predicted molar refractivity (Wildman–Crippen MR) is 91.1 cm³/mol. The standard InChI is InChI=1S/C18H19ClN2O/c1-21(2)17-11-12-6-4-5-7-14(12)18(20-17)13-8-9-15(19)16(10-13)22-3/h4-10,18H,11H2,1-3H3. The number of benzene rings is 2. The van der Waals surface area contributed by atoms with Crippen molar-refractivity contribution < 1.29 is 4.74 Å². The quantitative estimate of drug-likeness (QED) is 0.838. The first-order valence-corrected chi connectivity index (χ1v) is 7.63. The Hall–Kier alpha value is -2.00. The number of hydrogen-bond donors (Lipinski definition) is 0. The number of ether oxygens (including phenoxy) is 1. The summed E-state index contributed by atoms with van der Waals surface area (Å²) in [6, 6.07) is 14.3.